The lowest BCUT2D eigenvalue weighted by Crippen LogP contribution is -2.60. The van der Waals surface area contributed by atoms with Gasteiger partial charge in [0.1, 0.15) is 5.54 Å². The Labute approximate surface area is 129 Å². The second kappa shape index (κ2) is 7.10. The molecule has 2 aliphatic rings. The van der Waals surface area contributed by atoms with E-state index in [2.05, 4.69) is 24.1 Å². The van der Waals surface area contributed by atoms with Crippen molar-refractivity contribution in [3.8, 4) is 0 Å². The van der Waals surface area contributed by atoms with E-state index in [0.717, 1.165) is 19.0 Å². The second-order valence-electron chi connectivity index (χ2n) is 7.22. The van der Waals surface area contributed by atoms with E-state index >= 15 is 0 Å². The summed E-state index contributed by atoms with van der Waals surface area (Å²) in [5.41, 5.74) is -0.601. The fraction of sp³-hybridized carbons (Fsp3) is 0.941. The first-order valence-electron chi connectivity index (χ1n) is 8.65. The van der Waals surface area contributed by atoms with Crippen molar-refractivity contribution >= 4 is 5.97 Å². The van der Waals surface area contributed by atoms with Crippen LogP contribution in [0.2, 0.25) is 0 Å². The van der Waals surface area contributed by atoms with Crippen LogP contribution in [0.15, 0.2) is 0 Å². The molecule has 0 aromatic rings. The summed E-state index contributed by atoms with van der Waals surface area (Å²) in [7, 11) is 0. The first-order chi connectivity index (χ1) is 9.96. The highest BCUT2D eigenvalue weighted by Gasteiger charge is 2.43. The number of carbonyl (C=O) groups excluding carboxylic acids is 1. The summed E-state index contributed by atoms with van der Waals surface area (Å²) in [4.78, 5) is 15.0. The number of likely N-dealkylation sites (tertiary alicyclic amines) is 1. The molecule has 4 nitrogen and oxygen atoms in total. The largest absolute Gasteiger partial charge is 0.465 e. The van der Waals surface area contributed by atoms with E-state index in [9.17, 15) is 4.79 Å². The van der Waals surface area contributed by atoms with Gasteiger partial charge in [-0.25, -0.2) is 0 Å². The maximum Gasteiger partial charge on any atom is 0.327 e. The average Bonchev–Trinajstić information content (AvgIpc) is 2.81. The van der Waals surface area contributed by atoms with E-state index in [-0.39, 0.29) is 12.0 Å². The Bertz CT molecular complexity index is 359. The molecule has 1 heterocycles. The minimum absolute atomic E-state index is 0.113. The summed E-state index contributed by atoms with van der Waals surface area (Å²) in [6.45, 7) is 10.4. The van der Waals surface area contributed by atoms with Crippen LogP contribution in [0.4, 0.5) is 0 Å². The standard InChI is InChI=1S/C17H32N2O2/c1-5-21-16(20)17(4,18-13(2)3)12-19-11-10-14-8-6-7-9-15(14)19/h13-15,18H,5-12H2,1-4H3. The first-order valence-corrected chi connectivity index (χ1v) is 8.65. The van der Waals surface area contributed by atoms with Gasteiger partial charge >= 0.3 is 5.97 Å². The van der Waals surface area contributed by atoms with E-state index in [1.54, 1.807) is 0 Å². The lowest BCUT2D eigenvalue weighted by Gasteiger charge is -2.38. The second-order valence-corrected chi connectivity index (χ2v) is 7.22. The summed E-state index contributed by atoms with van der Waals surface area (Å²) in [6, 6.07) is 0.950. The van der Waals surface area contributed by atoms with Gasteiger partial charge < -0.3 is 4.74 Å². The SMILES string of the molecule is CCOC(=O)C(C)(CN1CCC2CCCCC21)NC(C)C. The van der Waals surface area contributed by atoms with E-state index in [0.29, 0.717) is 12.6 Å². The molecule has 0 amide bonds. The number of nitrogens with one attached hydrogen (secondary N) is 1. The smallest absolute Gasteiger partial charge is 0.327 e. The van der Waals surface area contributed by atoms with E-state index in [1.807, 2.05) is 13.8 Å². The van der Waals surface area contributed by atoms with Gasteiger partial charge in [-0.3, -0.25) is 15.0 Å². The van der Waals surface area contributed by atoms with Crippen LogP contribution in [0, 0.1) is 5.92 Å². The molecule has 0 radical (unpaired) electrons. The predicted molar refractivity (Wildman–Crippen MR) is 85.2 cm³/mol. The quantitative estimate of drug-likeness (QED) is 0.765. The minimum Gasteiger partial charge on any atom is -0.465 e. The van der Waals surface area contributed by atoms with E-state index in [1.165, 1.54) is 32.1 Å². The molecule has 0 spiro atoms. The molecule has 2 fully saturated rings. The number of carbonyl (C=O) groups is 1. The highest BCUT2D eigenvalue weighted by Crippen LogP contribution is 2.36. The maximum atomic E-state index is 12.4. The third-order valence-electron chi connectivity index (χ3n) is 4.98. The van der Waals surface area contributed by atoms with Gasteiger partial charge in [-0.1, -0.05) is 12.8 Å². The molecule has 21 heavy (non-hydrogen) atoms. The Morgan fingerprint density at radius 3 is 2.71 bits per heavy atom. The first kappa shape index (κ1) is 16.8. The highest BCUT2D eigenvalue weighted by atomic mass is 16.5. The molecule has 1 aliphatic heterocycles. The number of fused-ring (bicyclic) bond motifs is 1. The Morgan fingerprint density at radius 2 is 2.05 bits per heavy atom. The number of ether oxygens (including phenoxy) is 1. The fourth-order valence-electron chi connectivity index (χ4n) is 4.20. The van der Waals surface area contributed by atoms with Gasteiger partial charge in [0.05, 0.1) is 6.61 Å². The van der Waals surface area contributed by atoms with Crippen LogP contribution in [-0.4, -0.2) is 48.2 Å². The number of hydrogen-bond acceptors (Lipinski definition) is 4. The Hall–Kier alpha value is -0.610. The van der Waals surface area contributed by atoms with Crippen LogP contribution in [0.5, 0.6) is 0 Å². The van der Waals surface area contributed by atoms with Crippen LogP contribution in [-0.2, 0) is 9.53 Å². The van der Waals surface area contributed by atoms with Crippen LogP contribution in [0.1, 0.15) is 59.8 Å². The minimum atomic E-state index is -0.601. The molecule has 2 rings (SSSR count). The van der Waals surface area contributed by atoms with Gasteiger partial charge in [0.25, 0.3) is 0 Å². The number of rotatable bonds is 6. The monoisotopic (exact) mass is 296 g/mol. The molecule has 1 aliphatic carbocycles. The van der Waals surface area contributed by atoms with Gasteiger partial charge in [-0.15, -0.1) is 0 Å². The highest BCUT2D eigenvalue weighted by molar-refractivity contribution is 5.80. The van der Waals surface area contributed by atoms with Crippen LogP contribution in [0.3, 0.4) is 0 Å². The molecule has 3 atom stereocenters. The zero-order chi connectivity index (χ0) is 15.5. The predicted octanol–water partition coefficient (Wildman–Crippen LogP) is 2.57. The number of nitrogens with zero attached hydrogens (tertiary/aromatic N) is 1. The maximum absolute atomic E-state index is 12.4. The van der Waals surface area contributed by atoms with E-state index in [4.69, 9.17) is 4.74 Å². The van der Waals surface area contributed by atoms with Crippen LogP contribution < -0.4 is 5.32 Å². The zero-order valence-corrected chi connectivity index (χ0v) is 14.2. The van der Waals surface area contributed by atoms with E-state index < -0.39 is 5.54 Å². The van der Waals surface area contributed by atoms with Gasteiger partial charge in [-0.05, 0) is 59.4 Å². The number of hydrogen-bond donors (Lipinski definition) is 1. The van der Waals surface area contributed by atoms with Crippen molar-refractivity contribution in [1.29, 1.82) is 0 Å². The molecule has 1 saturated heterocycles. The van der Waals surface area contributed by atoms with Gasteiger partial charge in [0.2, 0.25) is 0 Å². The Kier molecular flexibility index (Phi) is 5.67. The fourth-order valence-corrected chi connectivity index (χ4v) is 4.20. The number of esters is 1. The van der Waals surface area contributed by atoms with Crippen molar-refractivity contribution in [2.45, 2.75) is 77.4 Å². The lowest BCUT2D eigenvalue weighted by atomic mass is 9.85. The summed E-state index contributed by atoms with van der Waals surface area (Å²) in [6.07, 6.45) is 6.69. The summed E-state index contributed by atoms with van der Waals surface area (Å²) >= 11 is 0. The van der Waals surface area contributed by atoms with Crippen molar-refractivity contribution in [3.05, 3.63) is 0 Å². The molecule has 122 valence electrons. The molecular weight excluding hydrogens is 264 g/mol. The zero-order valence-electron chi connectivity index (χ0n) is 14.2. The molecule has 0 bridgehead atoms. The van der Waals surface area contributed by atoms with Crippen molar-refractivity contribution in [1.82, 2.24) is 10.2 Å². The molecule has 1 saturated carbocycles. The Balaban J connectivity index is 2.05. The molecular formula is C17H32N2O2. The molecule has 1 N–H and O–H groups in total. The van der Waals surface area contributed by atoms with Crippen molar-refractivity contribution in [2.75, 3.05) is 19.7 Å². The average molecular weight is 296 g/mol. The lowest BCUT2D eigenvalue weighted by molar-refractivity contribution is -0.152. The normalized spacial score (nSPS) is 29.2. The van der Waals surface area contributed by atoms with Gasteiger partial charge in [-0.2, -0.15) is 0 Å². The van der Waals surface area contributed by atoms with Crippen LogP contribution in [0.25, 0.3) is 0 Å². The molecule has 3 unspecified atom stereocenters. The molecule has 4 heteroatoms. The summed E-state index contributed by atoms with van der Waals surface area (Å²) < 4.78 is 5.33. The summed E-state index contributed by atoms with van der Waals surface area (Å²) in [5.74, 6) is 0.738. The topological polar surface area (TPSA) is 41.6 Å². The molecule has 0 aromatic carbocycles. The third-order valence-corrected chi connectivity index (χ3v) is 4.98. The van der Waals surface area contributed by atoms with Crippen molar-refractivity contribution in [2.24, 2.45) is 5.92 Å². The van der Waals surface area contributed by atoms with Crippen molar-refractivity contribution < 1.29 is 9.53 Å². The van der Waals surface area contributed by atoms with Crippen molar-refractivity contribution in [3.63, 3.8) is 0 Å². The van der Waals surface area contributed by atoms with Gasteiger partial charge in [0.15, 0.2) is 0 Å². The Morgan fingerprint density at radius 1 is 1.33 bits per heavy atom. The van der Waals surface area contributed by atoms with Crippen LogP contribution >= 0.6 is 0 Å². The molecule has 0 aromatic heterocycles. The van der Waals surface area contributed by atoms with Gasteiger partial charge in [0, 0.05) is 18.6 Å². The summed E-state index contributed by atoms with van der Waals surface area (Å²) in [5, 5.41) is 3.45. The third kappa shape index (κ3) is 3.98.